The van der Waals surface area contributed by atoms with Crippen molar-refractivity contribution in [2.24, 2.45) is 0 Å². The molecule has 0 amide bonds. The van der Waals surface area contributed by atoms with Gasteiger partial charge in [0.2, 0.25) is 5.88 Å². The lowest BCUT2D eigenvalue weighted by Crippen LogP contribution is -2.19. The Morgan fingerprint density at radius 1 is 1.24 bits per heavy atom. The second-order valence-electron chi connectivity index (χ2n) is 4.70. The first-order chi connectivity index (χ1) is 10.2. The molecule has 0 aliphatic heterocycles. The molecular formula is C16H20N2O3. The first-order valence-electron chi connectivity index (χ1n) is 6.74. The molecule has 5 nitrogen and oxygen atoms in total. The fourth-order valence-electron chi connectivity index (χ4n) is 2.12. The predicted octanol–water partition coefficient (Wildman–Crippen LogP) is 2.66. The third-order valence-corrected chi connectivity index (χ3v) is 3.34. The van der Waals surface area contributed by atoms with Gasteiger partial charge < -0.3 is 19.9 Å². The number of hydrogen-bond acceptors (Lipinski definition) is 5. The minimum atomic E-state index is -0.0370. The Morgan fingerprint density at radius 3 is 2.76 bits per heavy atom. The van der Waals surface area contributed by atoms with Crippen molar-refractivity contribution in [1.82, 2.24) is 10.3 Å². The van der Waals surface area contributed by atoms with Crippen LogP contribution in [0.25, 0.3) is 0 Å². The molecule has 0 aliphatic rings. The lowest BCUT2D eigenvalue weighted by Gasteiger charge is -2.17. The van der Waals surface area contributed by atoms with Crippen molar-refractivity contribution in [3.8, 4) is 17.4 Å². The highest BCUT2D eigenvalue weighted by atomic mass is 16.5. The lowest BCUT2D eigenvalue weighted by molar-refractivity contribution is 0.388. The average Bonchev–Trinajstić information content (AvgIpc) is 2.53. The molecule has 2 N–H and O–H groups in total. The predicted molar refractivity (Wildman–Crippen MR) is 80.7 cm³/mol. The summed E-state index contributed by atoms with van der Waals surface area (Å²) in [6, 6.07) is 8.98. The number of hydrogen-bond donors (Lipinski definition) is 2. The second-order valence-corrected chi connectivity index (χ2v) is 4.70. The minimum Gasteiger partial charge on any atom is -0.508 e. The van der Waals surface area contributed by atoms with Crippen molar-refractivity contribution in [2.75, 3.05) is 14.2 Å². The number of rotatable bonds is 6. The van der Waals surface area contributed by atoms with Crippen molar-refractivity contribution in [2.45, 2.75) is 19.5 Å². The number of aromatic hydroxyl groups is 1. The van der Waals surface area contributed by atoms with Crippen molar-refractivity contribution in [1.29, 1.82) is 0 Å². The number of aromatic nitrogens is 1. The van der Waals surface area contributed by atoms with Gasteiger partial charge in [-0.05, 0) is 31.2 Å². The zero-order chi connectivity index (χ0) is 15.2. The summed E-state index contributed by atoms with van der Waals surface area (Å²) in [7, 11) is 3.21. The summed E-state index contributed by atoms with van der Waals surface area (Å²) in [5.41, 5.74) is 1.76. The van der Waals surface area contributed by atoms with E-state index in [2.05, 4.69) is 10.3 Å². The summed E-state index contributed by atoms with van der Waals surface area (Å²) in [5.74, 6) is 1.57. The third-order valence-electron chi connectivity index (χ3n) is 3.34. The van der Waals surface area contributed by atoms with Gasteiger partial charge in [0.25, 0.3) is 0 Å². The van der Waals surface area contributed by atoms with Crippen LogP contribution in [0, 0.1) is 0 Å². The fraction of sp³-hybridized carbons (Fsp3) is 0.312. The molecule has 2 rings (SSSR count). The number of nitrogens with one attached hydrogen (secondary N) is 1. The van der Waals surface area contributed by atoms with Crippen LogP contribution < -0.4 is 14.8 Å². The topological polar surface area (TPSA) is 63.6 Å². The van der Waals surface area contributed by atoms with Gasteiger partial charge in [0.1, 0.15) is 11.5 Å². The zero-order valence-electron chi connectivity index (χ0n) is 12.5. The first-order valence-corrected chi connectivity index (χ1v) is 6.74. The van der Waals surface area contributed by atoms with Crippen LogP contribution >= 0.6 is 0 Å². The molecule has 0 saturated heterocycles. The Bertz CT molecular complexity index is 602. The van der Waals surface area contributed by atoms with Crippen LogP contribution in [0.5, 0.6) is 17.4 Å². The molecule has 112 valence electrons. The normalized spacial score (nSPS) is 12.0. The Hall–Kier alpha value is -2.27. The monoisotopic (exact) mass is 288 g/mol. The van der Waals surface area contributed by atoms with Gasteiger partial charge in [0.05, 0.1) is 14.2 Å². The van der Waals surface area contributed by atoms with Gasteiger partial charge in [-0.25, -0.2) is 4.98 Å². The minimum absolute atomic E-state index is 0.0370. The Labute approximate surface area is 124 Å². The van der Waals surface area contributed by atoms with Crippen molar-refractivity contribution >= 4 is 0 Å². The molecule has 0 aliphatic carbocycles. The standard InChI is InChI=1S/C16H20N2O3/c1-11(14-9-13(20-2)6-7-15(14)19)18-10-12-5-4-8-17-16(12)21-3/h4-9,11,18-19H,10H2,1-3H3. The van der Waals surface area contributed by atoms with Crippen molar-refractivity contribution in [3.63, 3.8) is 0 Å². The van der Waals surface area contributed by atoms with Crippen molar-refractivity contribution < 1.29 is 14.6 Å². The van der Waals surface area contributed by atoms with E-state index in [0.29, 0.717) is 12.4 Å². The summed E-state index contributed by atoms with van der Waals surface area (Å²) in [5, 5.41) is 13.3. The van der Waals surface area contributed by atoms with E-state index in [4.69, 9.17) is 9.47 Å². The van der Waals surface area contributed by atoms with E-state index in [0.717, 1.165) is 16.9 Å². The molecule has 0 saturated carbocycles. The third kappa shape index (κ3) is 3.64. The molecule has 1 atom stereocenters. The van der Waals surface area contributed by atoms with E-state index in [9.17, 15) is 5.11 Å². The number of methoxy groups -OCH3 is 2. The van der Waals surface area contributed by atoms with Crippen LogP contribution in [-0.2, 0) is 6.54 Å². The van der Waals surface area contributed by atoms with Gasteiger partial charge in [-0.1, -0.05) is 6.07 Å². The Morgan fingerprint density at radius 2 is 2.05 bits per heavy atom. The number of pyridine rings is 1. The molecule has 1 aromatic heterocycles. The molecule has 21 heavy (non-hydrogen) atoms. The molecule has 1 heterocycles. The Balaban J connectivity index is 2.09. The first kappa shape index (κ1) is 15.1. The molecule has 1 unspecified atom stereocenters. The second kappa shape index (κ2) is 6.95. The summed E-state index contributed by atoms with van der Waals surface area (Å²) in [4.78, 5) is 4.16. The smallest absolute Gasteiger partial charge is 0.217 e. The van der Waals surface area contributed by atoms with Crippen LogP contribution in [0.1, 0.15) is 24.1 Å². The van der Waals surface area contributed by atoms with E-state index >= 15 is 0 Å². The summed E-state index contributed by atoms with van der Waals surface area (Å²) >= 11 is 0. The van der Waals surface area contributed by atoms with Gasteiger partial charge in [-0.2, -0.15) is 0 Å². The molecule has 0 radical (unpaired) electrons. The number of benzene rings is 1. The molecule has 0 bridgehead atoms. The van der Waals surface area contributed by atoms with Gasteiger partial charge in [-0.15, -0.1) is 0 Å². The largest absolute Gasteiger partial charge is 0.508 e. The number of phenols is 1. The molecular weight excluding hydrogens is 268 g/mol. The summed E-state index contributed by atoms with van der Waals surface area (Å²) < 4.78 is 10.4. The van der Waals surface area contributed by atoms with Gasteiger partial charge >= 0.3 is 0 Å². The van der Waals surface area contributed by atoms with Gasteiger partial charge in [0, 0.05) is 29.9 Å². The molecule has 5 heteroatoms. The number of nitrogens with zero attached hydrogens (tertiary/aromatic N) is 1. The van der Waals surface area contributed by atoms with E-state index in [-0.39, 0.29) is 11.8 Å². The van der Waals surface area contributed by atoms with E-state index in [1.165, 1.54) is 0 Å². The van der Waals surface area contributed by atoms with Crippen molar-refractivity contribution in [3.05, 3.63) is 47.7 Å². The summed E-state index contributed by atoms with van der Waals surface area (Å²) in [6.07, 6.45) is 1.69. The quantitative estimate of drug-likeness (QED) is 0.855. The van der Waals surface area contributed by atoms with Gasteiger partial charge in [0.15, 0.2) is 0 Å². The highest BCUT2D eigenvalue weighted by Gasteiger charge is 2.12. The number of ether oxygens (including phenoxy) is 2. The maximum absolute atomic E-state index is 9.97. The van der Waals surface area contributed by atoms with Crippen LogP contribution in [0.2, 0.25) is 0 Å². The zero-order valence-corrected chi connectivity index (χ0v) is 12.5. The van der Waals surface area contributed by atoms with Crippen LogP contribution in [-0.4, -0.2) is 24.3 Å². The highest BCUT2D eigenvalue weighted by Crippen LogP contribution is 2.28. The maximum Gasteiger partial charge on any atom is 0.217 e. The van der Waals surface area contributed by atoms with Crippen LogP contribution in [0.3, 0.4) is 0 Å². The van der Waals surface area contributed by atoms with Crippen LogP contribution in [0.15, 0.2) is 36.5 Å². The van der Waals surface area contributed by atoms with Crippen LogP contribution in [0.4, 0.5) is 0 Å². The lowest BCUT2D eigenvalue weighted by atomic mass is 10.1. The number of phenolic OH excluding ortho intramolecular Hbond substituents is 1. The molecule has 0 fully saturated rings. The fourth-order valence-corrected chi connectivity index (χ4v) is 2.12. The molecule has 2 aromatic rings. The summed E-state index contributed by atoms with van der Waals surface area (Å²) in [6.45, 7) is 2.58. The van der Waals surface area contributed by atoms with E-state index < -0.39 is 0 Å². The molecule has 1 aromatic carbocycles. The SMILES string of the molecule is COc1ccc(O)c(C(C)NCc2cccnc2OC)c1. The molecule has 0 spiro atoms. The maximum atomic E-state index is 9.97. The average molecular weight is 288 g/mol. The van der Waals surface area contributed by atoms with E-state index in [1.54, 1.807) is 32.5 Å². The Kier molecular flexibility index (Phi) is 5.00. The van der Waals surface area contributed by atoms with E-state index in [1.807, 2.05) is 25.1 Å². The van der Waals surface area contributed by atoms with Gasteiger partial charge in [-0.3, -0.25) is 0 Å². The highest BCUT2D eigenvalue weighted by molar-refractivity contribution is 5.41.